The number of amides is 1. The second-order valence-electron chi connectivity index (χ2n) is 10.1. The number of carbonyl (C=O) groups excluding carboxylic acids is 2. The van der Waals surface area contributed by atoms with Crippen molar-refractivity contribution < 1.29 is 9.59 Å². The number of nitrogens with zero attached hydrogens (tertiary/aromatic N) is 3. The summed E-state index contributed by atoms with van der Waals surface area (Å²) in [6.07, 6.45) is 3.43. The van der Waals surface area contributed by atoms with Crippen LogP contribution in [0.4, 0.5) is 5.69 Å². The van der Waals surface area contributed by atoms with Crippen LogP contribution in [0.1, 0.15) is 47.8 Å². The fraction of sp³-hybridized carbons (Fsp3) is 0.0857. The maximum absolute atomic E-state index is 13.8. The van der Waals surface area contributed by atoms with E-state index < -0.39 is 6.04 Å². The minimum Gasteiger partial charge on any atom is -0.370 e. The van der Waals surface area contributed by atoms with Crippen molar-refractivity contribution in [2.75, 3.05) is 5.32 Å². The smallest absolute Gasteiger partial charge is 0.261 e. The Kier molecular flexibility index (Phi) is 8.73. The van der Waals surface area contributed by atoms with Gasteiger partial charge in [-0.1, -0.05) is 60.7 Å². The third-order valence-corrected chi connectivity index (χ3v) is 9.12. The van der Waals surface area contributed by atoms with Crippen LogP contribution in [0.3, 0.4) is 0 Å². The van der Waals surface area contributed by atoms with Crippen LogP contribution in [0.5, 0.6) is 0 Å². The van der Waals surface area contributed by atoms with Crippen LogP contribution in [0.2, 0.25) is 0 Å². The Hall–Kier alpha value is -5.30. The number of hydrogen-bond acceptors (Lipinski definition) is 7. The first-order valence-electron chi connectivity index (χ1n) is 13.9. The number of nitriles is 1. The lowest BCUT2D eigenvalue weighted by Crippen LogP contribution is -2.24. The van der Waals surface area contributed by atoms with E-state index >= 15 is 0 Å². The zero-order chi connectivity index (χ0) is 30.3. The molecule has 3 heterocycles. The number of thiophene rings is 2. The molecule has 1 amide bonds. The highest BCUT2D eigenvalue weighted by atomic mass is 32.1. The predicted molar refractivity (Wildman–Crippen MR) is 175 cm³/mol. The summed E-state index contributed by atoms with van der Waals surface area (Å²) >= 11 is 3.06. The highest BCUT2D eigenvalue weighted by Crippen LogP contribution is 2.31. The monoisotopic (exact) mass is 613 g/mol. The molecule has 0 spiro atoms. The average molecular weight is 614 g/mol. The van der Waals surface area contributed by atoms with Crippen molar-refractivity contribution in [3.05, 3.63) is 153 Å². The van der Waals surface area contributed by atoms with E-state index in [9.17, 15) is 9.59 Å². The highest BCUT2D eigenvalue weighted by Gasteiger charge is 2.25. The van der Waals surface area contributed by atoms with Crippen LogP contribution in [0.25, 0.3) is 10.4 Å². The van der Waals surface area contributed by atoms with Crippen LogP contribution in [0, 0.1) is 11.3 Å². The van der Waals surface area contributed by atoms with E-state index in [-0.39, 0.29) is 11.7 Å². The molecule has 1 unspecified atom stereocenters. The van der Waals surface area contributed by atoms with E-state index in [0.717, 1.165) is 32.3 Å². The summed E-state index contributed by atoms with van der Waals surface area (Å²) < 4.78 is 1.95. The zero-order valence-corrected chi connectivity index (χ0v) is 25.1. The Morgan fingerprint density at radius 3 is 2.43 bits per heavy atom. The van der Waals surface area contributed by atoms with Gasteiger partial charge in [0.2, 0.25) is 0 Å². The number of aromatic nitrogens is 2. The number of rotatable bonds is 11. The lowest BCUT2D eigenvalue weighted by Gasteiger charge is -2.21. The number of nitrogens with one attached hydrogen (secondary N) is 2. The van der Waals surface area contributed by atoms with Gasteiger partial charge in [0, 0.05) is 27.5 Å². The topological polar surface area (TPSA) is 99.8 Å². The first-order valence-corrected chi connectivity index (χ1v) is 15.6. The molecule has 0 aliphatic heterocycles. The highest BCUT2D eigenvalue weighted by molar-refractivity contribution is 7.17. The minimum absolute atomic E-state index is 0.0762. The zero-order valence-electron chi connectivity index (χ0n) is 23.5. The molecule has 0 aliphatic rings. The van der Waals surface area contributed by atoms with Crippen molar-refractivity contribution in [1.29, 1.82) is 5.26 Å². The Labute approximate surface area is 263 Å². The van der Waals surface area contributed by atoms with Crippen molar-refractivity contribution >= 4 is 40.1 Å². The molecular weight excluding hydrogens is 587 g/mol. The summed E-state index contributed by atoms with van der Waals surface area (Å²) in [5.41, 5.74) is 4.67. The van der Waals surface area contributed by atoms with Gasteiger partial charge in [-0.15, -0.1) is 22.7 Å². The summed E-state index contributed by atoms with van der Waals surface area (Å²) in [6, 6.07) is 33.7. The van der Waals surface area contributed by atoms with Crippen LogP contribution in [0.15, 0.2) is 121 Å². The first kappa shape index (κ1) is 28.8. The normalized spacial score (nSPS) is 11.4. The number of Topliss-reactive ketones (excluding diaryl/α,β-unsaturated/α-hetero) is 1. The minimum atomic E-state index is -0.690. The van der Waals surface area contributed by atoms with Gasteiger partial charge in [-0.25, -0.2) is 4.98 Å². The number of anilines is 1. The number of benzene rings is 3. The van der Waals surface area contributed by atoms with Gasteiger partial charge in [0.05, 0.1) is 41.3 Å². The molecule has 9 heteroatoms. The van der Waals surface area contributed by atoms with E-state index in [0.29, 0.717) is 29.1 Å². The van der Waals surface area contributed by atoms with E-state index in [4.69, 9.17) is 5.26 Å². The Bertz CT molecular complexity index is 1900. The number of ketones is 1. The maximum atomic E-state index is 13.8. The lowest BCUT2D eigenvalue weighted by atomic mass is 10.0. The molecule has 0 fully saturated rings. The third kappa shape index (κ3) is 6.68. The quantitative estimate of drug-likeness (QED) is 0.147. The summed E-state index contributed by atoms with van der Waals surface area (Å²) in [5, 5.41) is 17.6. The summed E-state index contributed by atoms with van der Waals surface area (Å²) in [7, 11) is 0. The van der Waals surface area contributed by atoms with Gasteiger partial charge < -0.3 is 15.2 Å². The fourth-order valence-electron chi connectivity index (χ4n) is 4.81. The van der Waals surface area contributed by atoms with Gasteiger partial charge in [0.25, 0.3) is 5.91 Å². The molecule has 3 aromatic heterocycles. The molecule has 216 valence electrons. The van der Waals surface area contributed by atoms with Gasteiger partial charge in [0.1, 0.15) is 6.04 Å². The van der Waals surface area contributed by atoms with Crippen molar-refractivity contribution in [3.63, 3.8) is 0 Å². The second kappa shape index (κ2) is 13.3. The second-order valence-corrected chi connectivity index (χ2v) is 12.2. The van der Waals surface area contributed by atoms with Crippen molar-refractivity contribution in [2.45, 2.75) is 19.1 Å². The van der Waals surface area contributed by atoms with Crippen LogP contribution < -0.4 is 10.6 Å². The van der Waals surface area contributed by atoms with E-state index in [1.165, 1.54) is 11.3 Å². The van der Waals surface area contributed by atoms with Gasteiger partial charge in [-0.2, -0.15) is 5.26 Å². The van der Waals surface area contributed by atoms with Gasteiger partial charge in [0.15, 0.2) is 5.78 Å². The van der Waals surface area contributed by atoms with E-state index in [2.05, 4.69) is 21.7 Å². The largest absolute Gasteiger partial charge is 0.370 e. The molecule has 1 atom stereocenters. The number of carbonyl (C=O) groups is 2. The van der Waals surface area contributed by atoms with Crippen molar-refractivity contribution in [1.82, 2.24) is 14.9 Å². The maximum Gasteiger partial charge on any atom is 0.261 e. The van der Waals surface area contributed by atoms with Gasteiger partial charge in [-0.3, -0.25) is 9.59 Å². The molecule has 6 aromatic rings. The lowest BCUT2D eigenvalue weighted by molar-refractivity contribution is 0.0951. The van der Waals surface area contributed by atoms with Gasteiger partial charge in [-0.05, 0) is 59.0 Å². The molecule has 2 N–H and O–H groups in total. The predicted octanol–water partition coefficient (Wildman–Crippen LogP) is 7.56. The summed E-state index contributed by atoms with van der Waals surface area (Å²) in [6.45, 7) is 1.02. The number of hydrogen-bond donors (Lipinski definition) is 2. The fourth-order valence-corrected chi connectivity index (χ4v) is 6.38. The number of imidazole rings is 1. The Balaban J connectivity index is 1.21. The molecule has 3 aromatic carbocycles. The SMILES string of the molecule is N#Cc1ccc(Cn2cncc2C(Nc2ccc(-c3ccc(C(=O)NCc4cccs4)s3)cc2)C(=O)c2ccccc2)cc1. The van der Waals surface area contributed by atoms with E-state index in [1.807, 2.05) is 101 Å². The van der Waals surface area contributed by atoms with Crippen LogP contribution in [-0.2, 0) is 13.1 Å². The molecule has 7 nitrogen and oxygen atoms in total. The Morgan fingerprint density at radius 2 is 1.70 bits per heavy atom. The van der Waals surface area contributed by atoms with Crippen LogP contribution >= 0.6 is 22.7 Å². The van der Waals surface area contributed by atoms with Crippen molar-refractivity contribution in [3.8, 4) is 16.5 Å². The van der Waals surface area contributed by atoms with E-state index in [1.54, 1.807) is 36.0 Å². The molecule has 0 radical (unpaired) electrons. The third-order valence-electron chi connectivity index (χ3n) is 7.11. The van der Waals surface area contributed by atoms with Crippen molar-refractivity contribution in [2.24, 2.45) is 0 Å². The standard InChI is InChI=1S/C35H27N5O2S2/c36-19-24-8-10-25(11-9-24)22-40-23-37-21-30(40)33(34(41)27-5-2-1-3-6-27)39-28-14-12-26(13-15-28)31-16-17-32(44-31)35(42)38-20-29-7-4-18-43-29/h1-18,21,23,33,39H,20,22H2,(H,38,42). The molecule has 44 heavy (non-hydrogen) atoms. The summed E-state index contributed by atoms with van der Waals surface area (Å²) in [5.74, 6) is -0.166. The molecular formula is C35H27N5O2S2. The molecule has 0 saturated heterocycles. The molecule has 6 rings (SSSR count). The Morgan fingerprint density at radius 1 is 0.909 bits per heavy atom. The van der Waals surface area contributed by atoms with Gasteiger partial charge >= 0.3 is 0 Å². The molecule has 0 saturated carbocycles. The van der Waals surface area contributed by atoms with Crippen LogP contribution in [-0.4, -0.2) is 21.2 Å². The summed E-state index contributed by atoms with van der Waals surface area (Å²) in [4.78, 5) is 33.6. The average Bonchev–Trinajstić information content (AvgIpc) is 3.87. The molecule has 0 bridgehead atoms. The first-order chi connectivity index (χ1) is 21.6. The molecule has 0 aliphatic carbocycles.